The predicted octanol–water partition coefficient (Wildman–Crippen LogP) is 2.07. The minimum absolute atomic E-state index is 0.0114. The Morgan fingerprint density at radius 1 is 1.47 bits per heavy atom. The molecular weight excluding hydrogens is 293 g/mol. The van der Waals surface area contributed by atoms with Gasteiger partial charge in [-0.25, -0.2) is 0 Å². The van der Waals surface area contributed by atoms with E-state index in [-0.39, 0.29) is 33.2 Å². The highest BCUT2D eigenvalue weighted by molar-refractivity contribution is 6.44. The van der Waals surface area contributed by atoms with Crippen LogP contribution in [0.1, 0.15) is 16.8 Å². The number of likely N-dealkylation sites (tertiary alicyclic amines) is 1. The van der Waals surface area contributed by atoms with Gasteiger partial charge in [0.15, 0.2) is 0 Å². The fourth-order valence-corrected chi connectivity index (χ4v) is 2.38. The SMILES string of the molecule is NC1CCN(C(=O)c2cc([N+](=O)[O-])cc(Cl)c2Cl)C1. The molecule has 1 unspecified atom stereocenters. The van der Waals surface area contributed by atoms with Gasteiger partial charge in [-0.2, -0.15) is 0 Å². The topological polar surface area (TPSA) is 89.5 Å². The number of nitrogens with zero attached hydrogens (tertiary/aromatic N) is 2. The molecule has 102 valence electrons. The van der Waals surface area contributed by atoms with E-state index in [0.717, 1.165) is 12.1 Å². The first-order valence-corrected chi connectivity index (χ1v) is 6.34. The van der Waals surface area contributed by atoms with E-state index in [0.29, 0.717) is 19.5 Å². The Labute approximate surface area is 119 Å². The summed E-state index contributed by atoms with van der Waals surface area (Å²) in [5.41, 5.74) is 5.50. The summed E-state index contributed by atoms with van der Waals surface area (Å²) in [5.74, 6) is -0.386. The fourth-order valence-electron chi connectivity index (χ4n) is 1.98. The first-order chi connectivity index (χ1) is 8.90. The summed E-state index contributed by atoms with van der Waals surface area (Å²) in [4.78, 5) is 23.9. The Balaban J connectivity index is 2.38. The van der Waals surface area contributed by atoms with E-state index in [1.807, 2.05) is 0 Å². The molecule has 0 spiro atoms. The van der Waals surface area contributed by atoms with Crippen LogP contribution >= 0.6 is 23.2 Å². The molecule has 2 N–H and O–H groups in total. The molecule has 1 amide bonds. The lowest BCUT2D eigenvalue weighted by atomic mass is 10.1. The zero-order chi connectivity index (χ0) is 14.2. The number of non-ortho nitro benzene ring substituents is 1. The third-order valence-electron chi connectivity index (χ3n) is 2.97. The number of nitro benzene ring substituents is 1. The monoisotopic (exact) mass is 303 g/mol. The van der Waals surface area contributed by atoms with Gasteiger partial charge in [-0.05, 0) is 6.42 Å². The summed E-state index contributed by atoms with van der Waals surface area (Å²) >= 11 is 11.8. The standard InChI is InChI=1S/C11H11Cl2N3O3/c12-9-4-7(16(18)19)3-8(10(9)13)11(17)15-2-1-6(14)5-15/h3-4,6H,1-2,5,14H2. The average Bonchev–Trinajstić information content (AvgIpc) is 2.78. The molecule has 0 saturated carbocycles. The second-order valence-electron chi connectivity index (χ2n) is 4.35. The van der Waals surface area contributed by atoms with Crippen LogP contribution in [0.5, 0.6) is 0 Å². The maximum Gasteiger partial charge on any atom is 0.271 e. The maximum atomic E-state index is 12.2. The van der Waals surface area contributed by atoms with Crippen molar-refractivity contribution in [3.05, 3.63) is 37.9 Å². The molecule has 1 aromatic rings. The molecule has 6 nitrogen and oxygen atoms in total. The van der Waals surface area contributed by atoms with Crippen molar-refractivity contribution in [3.8, 4) is 0 Å². The van der Waals surface area contributed by atoms with E-state index >= 15 is 0 Å². The minimum Gasteiger partial charge on any atom is -0.337 e. The lowest BCUT2D eigenvalue weighted by Crippen LogP contribution is -2.32. The number of hydrogen-bond acceptors (Lipinski definition) is 4. The second-order valence-corrected chi connectivity index (χ2v) is 5.13. The number of amides is 1. The molecule has 1 saturated heterocycles. The van der Waals surface area contributed by atoms with Gasteiger partial charge < -0.3 is 10.6 Å². The van der Waals surface area contributed by atoms with Crippen molar-refractivity contribution in [1.29, 1.82) is 0 Å². The van der Waals surface area contributed by atoms with Crippen LogP contribution in [0.15, 0.2) is 12.1 Å². The van der Waals surface area contributed by atoms with Gasteiger partial charge in [-0.15, -0.1) is 0 Å². The molecule has 0 bridgehead atoms. The summed E-state index contributed by atoms with van der Waals surface area (Å²) in [6, 6.07) is 2.19. The van der Waals surface area contributed by atoms with Crippen molar-refractivity contribution in [2.75, 3.05) is 13.1 Å². The average molecular weight is 304 g/mol. The minimum atomic E-state index is -0.616. The van der Waals surface area contributed by atoms with E-state index in [2.05, 4.69) is 0 Å². The Morgan fingerprint density at radius 3 is 2.68 bits per heavy atom. The number of benzene rings is 1. The highest BCUT2D eigenvalue weighted by Crippen LogP contribution is 2.32. The Kier molecular flexibility index (Phi) is 3.93. The number of carbonyl (C=O) groups excluding carboxylic acids is 1. The second kappa shape index (κ2) is 5.32. The molecule has 1 heterocycles. The fraction of sp³-hybridized carbons (Fsp3) is 0.364. The number of nitrogens with two attached hydrogens (primary N) is 1. The number of carbonyl (C=O) groups is 1. The lowest BCUT2D eigenvalue weighted by Gasteiger charge is -2.16. The van der Waals surface area contributed by atoms with Gasteiger partial charge in [0.25, 0.3) is 11.6 Å². The van der Waals surface area contributed by atoms with Crippen LogP contribution in [0.2, 0.25) is 10.0 Å². The van der Waals surface area contributed by atoms with Crippen LogP contribution in [0.3, 0.4) is 0 Å². The van der Waals surface area contributed by atoms with Gasteiger partial charge in [0, 0.05) is 31.3 Å². The van der Waals surface area contributed by atoms with E-state index in [4.69, 9.17) is 28.9 Å². The van der Waals surface area contributed by atoms with Crippen molar-refractivity contribution < 1.29 is 9.72 Å². The summed E-state index contributed by atoms with van der Waals surface area (Å²) in [6.45, 7) is 0.923. The van der Waals surface area contributed by atoms with Gasteiger partial charge in [0.1, 0.15) is 0 Å². The van der Waals surface area contributed by atoms with Gasteiger partial charge in [-0.3, -0.25) is 14.9 Å². The first-order valence-electron chi connectivity index (χ1n) is 5.58. The molecule has 1 fully saturated rings. The summed E-state index contributed by atoms with van der Waals surface area (Å²) in [7, 11) is 0. The molecule has 1 aliphatic rings. The molecule has 19 heavy (non-hydrogen) atoms. The van der Waals surface area contributed by atoms with Crippen molar-refractivity contribution in [2.45, 2.75) is 12.5 Å². The largest absolute Gasteiger partial charge is 0.337 e. The molecule has 1 aliphatic heterocycles. The third kappa shape index (κ3) is 2.80. The zero-order valence-electron chi connectivity index (χ0n) is 9.81. The predicted molar refractivity (Wildman–Crippen MR) is 71.6 cm³/mol. The van der Waals surface area contributed by atoms with E-state index < -0.39 is 4.92 Å². The van der Waals surface area contributed by atoms with Crippen molar-refractivity contribution in [2.24, 2.45) is 5.73 Å². The molecule has 0 aromatic heterocycles. The molecular formula is C11H11Cl2N3O3. The quantitative estimate of drug-likeness (QED) is 0.669. The van der Waals surface area contributed by atoms with E-state index in [9.17, 15) is 14.9 Å². The number of halogens is 2. The Hall–Kier alpha value is -1.37. The van der Waals surface area contributed by atoms with E-state index in [1.165, 1.54) is 4.90 Å². The van der Waals surface area contributed by atoms with Gasteiger partial charge in [0.05, 0.1) is 20.5 Å². The van der Waals surface area contributed by atoms with Gasteiger partial charge in [-0.1, -0.05) is 23.2 Å². The normalized spacial score (nSPS) is 18.7. The molecule has 2 rings (SSSR count). The van der Waals surface area contributed by atoms with Gasteiger partial charge in [0.2, 0.25) is 0 Å². The van der Waals surface area contributed by atoms with Crippen molar-refractivity contribution in [3.63, 3.8) is 0 Å². The molecule has 8 heteroatoms. The number of hydrogen-bond donors (Lipinski definition) is 1. The van der Waals surface area contributed by atoms with Crippen molar-refractivity contribution >= 4 is 34.8 Å². The summed E-state index contributed by atoms with van der Waals surface area (Å²) in [5, 5.41) is 10.8. The maximum absolute atomic E-state index is 12.2. The molecule has 1 aromatic carbocycles. The number of nitro groups is 1. The smallest absolute Gasteiger partial charge is 0.271 e. The van der Waals surface area contributed by atoms with Crippen molar-refractivity contribution in [1.82, 2.24) is 4.90 Å². The van der Waals surface area contributed by atoms with Crippen LogP contribution in [0, 0.1) is 10.1 Å². The van der Waals surface area contributed by atoms with Crippen LogP contribution in [0.25, 0.3) is 0 Å². The van der Waals surface area contributed by atoms with Crippen LogP contribution in [-0.2, 0) is 0 Å². The summed E-state index contributed by atoms with van der Waals surface area (Å²) in [6.07, 6.45) is 0.700. The highest BCUT2D eigenvalue weighted by Gasteiger charge is 2.28. The number of rotatable bonds is 2. The Morgan fingerprint density at radius 2 is 2.16 bits per heavy atom. The molecule has 1 atom stereocenters. The van der Waals surface area contributed by atoms with Crippen LogP contribution in [0.4, 0.5) is 5.69 Å². The molecule has 0 radical (unpaired) electrons. The van der Waals surface area contributed by atoms with E-state index in [1.54, 1.807) is 0 Å². The van der Waals surface area contributed by atoms with Gasteiger partial charge >= 0.3 is 0 Å². The van der Waals surface area contributed by atoms with Crippen LogP contribution in [-0.4, -0.2) is 34.9 Å². The zero-order valence-corrected chi connectivity index (χ0v) is 11.3. The summed E-state index contributed by atoms with van der Waals surface area (Å²) < 4.78 is 0. The lowest BCUT2D eigenvalue weighted by molar-refractivity contribution is -0.384. The van der Waals surface area contributed by atoms with Crippen LogP contribution < -0.4 is 5.73 Å². The highest BCUT2D eigenvalue weighted by atomic mass is 35.5. The first kappa shape index (κ1) is 14.0. The third-order valence-corrected chi connectivity index (χ3v) is 3.77. The molecule has 0 aliphatic carbocycles. The Bertz CT molecular complexity index is 550.